The Bertz CT molecular complexity index is 703. The van der Waals surface area contributed by atoms with Crippen molar-refractivity contribution in [3.8, 4) is 0 Å². The second kappa shape index (κ2) is 8.82. The van der Waals surface area contributed by atoms with Gasteiger partial charge in [0.05, 0.1) is 13.2 Å². The van der Waals surface area contributed by atoms with Crippen molar-refractivity contribution in [2.24, 2.45) is 0 Å². The quantitative estimate of drug-likeness (QED) is 0.688. The van der Waals surface area contributed by atoms with Crippen LogP contribution in [0.4, 0.5) is 0 Å². The summed E-state index contributed by atoms with van der Waals surface area (Å²) >= 11 is 0. The topological polar surface area (TPSA) is 88.4 Å². The van der Waals surface area contributed by atoms with Crippen LogP contribution in [0.25, 0.3) is 0 Å². The Hall–Kier alpha value is -2.38. The SMILES string of the molecule is O/C=C(/O)[C@@H](OCc1ccccc1)[C@@H]1OC(c2ccccc2)OC[C@H]1O. The zero-order valence-electron chi connectivity index (χ0n) is 14.1. The maximum Gasteiger partial charge on any atom is 0.184 e. The molecule has 138 valence electrons. The molecule has 1 fully saturated rings. The molecule has 1 saturated heterocycles. The second-order valence-corrected chi connectivity index (χ2v) is 6.02. The highest BCUT2D eigenvalue weighted by Crippen LogP contribution is 2.30. The van der Waals surface area contributed by atoms with Crippen molar-refractivity contribution in [2.45, 2.75) is 31.2 Å². The molecule has 0 amide bonds. The van der Waals surface area contributed by atoms with Crippen molar-refractivity contribution in [1.29, 1.82) is 0 Å². The Morgan fingerprint density at radius 2 is 1.77 bits per heavy atom. The standard InChI is InChI=1S/C20H22O6/c21-11-16(22)18(24-12-14-7-3-1-4-8-14)19-17(23)13-25-20(26-19)15-9-5-2-6-10-15/h1-11,17-23H,12-13H2/b16-11+/t17-,18-,19-,20?/m1/s1. The van der Waals surface area contributed by atoms with Crippen molar-refractivity contribution in [1.82, 2.24) is 0 Å². The monoisotopic (exact) mass is 358 g/mol. The predicted octanol–water partition coefficient (Wildman–Crippen LogP) is 3.00. The zero-order valence-corrected chi connectivity index (χ0v) is 14.1. The minimum absolute atomic E-state index is 0.0220. The van der Waals surface area contributed by atoms with Crippen LogP contribution in [0.5, 0.6) is 0 Å². The van der Waals surface area contributed by atoms with Gasteiger partial charge in [0, 0.05) is 5.56 Å². The van der Waals surface area contributed by atoms with E-state index < -0.39 is 30.4 Å². The summed E-state index contributed by atoms with van der Waals surface area (Å²) in [7, 11) is 0. The highest BCUT2D eigenvalue weighted by Gasteiger charge is 2.39. The van der Waals surface area contributed by atoms with Gasteiger partial charge in [-0.2, -0.15) is 0 Å². The smallest absolute Gasteiger partial charge is 0.184 e. The molecular formula is C20H22O6. The van der Waals surface area contributed by atoms with Crippen LogP contribution in [0.1, 0.15) is 17.4 Å². The molecule has 1 aliphatic rings. The van der Waals surface area contributed by atoms with Crippen molar-refractivity contribution in [3.05, 3.63) is 83.8 Å². The molecule has 3 rings (SSSR count). The summed E-state index contributed by atoms with van der Waals surface area (Å²) in [6, 6.07) is 18.7. The summed E-state index contributed by atoms with van der Waals surface area (Å²) in [6.07, 6.45) is -3.10. The van der Waals surface area contributed by atoms with E-state index in [0.29, 0.717) is 6.26 Å². The lowest BCUT2D eigenvalue weighted by Crippen LogP contribution is -2.49. The maximum atomic E-state index is 10.3. The molecule has 1 aliphatic heterocycles. The van der Waals surface area contributed by atoms with Crippen LogP contribution >= 0.6 is 0 Å². The lowest BCUT2D eigenvalue weighted by molar-refractivity contribution is -0.279. The summed E-state index contributed by atoms with van der Waals surface area (Å²) in [5.41, 5.74) is 1.68. The normalized spacial score (nSPS) is 25.0. The Morgan fingerprint density at radius 3 is 2.42 bits per heavy atom. The molecule has 0 aliphatic carbocycles. The molecule has 0 spiro atoms. The maximum absolute atomic E-state index is 10.3. The van der Waals surface area contributed by atoms with E-state index in [-0.39, 0.29) is 13.2 Å². The molecule has 4 atom stereocenters. The van der Waals surface area contributed by atoms with Crippen molar-refractivity contribution in [3.63, 3.8) is 0 Å². The average molecular weight is 358 g/mol. The predicted molar refractivity (Wildman–Crippen MR) is 94.4 cm³/mol. The summed E-state index contributed by atoms with van der Waals surface area (Å²) in [5, 5.41) is 29.6. The van der Waals surface area contributed by atoms with Crippen molar-refractivity contribution >= 4 is 0 Å². The molecule has 6 nitrogen and oxygen atoms in total. The van der Waals surface area contributed by atoms with Crippen molar-refractivity contribution < 1.29 is 29.5 Å². The molecule has 2 aromatic rings. The fraction of sp³-hybridized carbons (Fsp3) is 0.300. The number of hydrogen-bond acceptors (Lipinski definition) is 6. The Kier molecular flexibility index (Phi) is 6.25. The lowest BCUT2D eigenvalue weighted by atomic mass is 10.0. The van der Waals surface area contributed by atoms with E-state index in [9.17, 15) is 15.3 Å². The van der Waals surface area contributed by atoms with Gasteiger partial charge in [0.25, 0.3) is 0 Å². The van der Waals surface area contributed by atoms with E-state index in [1.165, 1.54) is 0 Å². The van der Waals surface area contributed by atoms with E-state index in [0.717, 1.165) is 11.1 Å². The first-order valence-corrected chi connectivity index (χ1v) is 8.38. The van der Waals surface area contributed by atoms with Gasteiger partial charge >= 0.3 is 0 Å². The minimum atomic E-state index is -1.04. The molecule has 0 saturated carbocycles. The van der Waals surface area contributed by atoms with Gasteiger partial charge in [-0.05, 0) is 5.56 Å². The second-order valence-electron chi connectivity index (χ2n) is 6.02. The Balaban J connectivity index is 1.75. The highest BCUT2D eigenvalue weighted by molar-refractivity contribution is 5.17. The minimum Gasteiger partial charge on any atom is -0.512 e. The van der Waals surface area contributed by atoms with Crippen molar-refractivity contribution in [2.75, 3.05) is 6.61 Å². The van der Waals surface area contributed by atoms with E-state index in [1.807, 2.05) is 60.7 Å². The molecular weight excluding hydrogens is 336 g/mol. The molecule has 1 unspecified atom stereocenters. The molecule has 0 radical (unpaired) electrons. The number of hydrogen-bond donors (Lipinski definition) is 3. The van der Waals surface area contributed by atoms with E-state index in [4.69, 9.17) is 14.2 Å². The number of benzene rings is 2. The summed E-state index contributed by atoms with van der Waals surface area (Å²) in [6.45, 7) is 0.209. The third kappa shape index (κ3) is 4.42. The first kappa shape index (κ1) is 18.4. The fourth-order valence-electron chi connectivity index (χ4n) is 2.79. The van der Waals surface area contributed by atoms with Crippen LogP contribution in [0.15, 0.2) is 72.7 Å². The zero-order chi connectivity index (χ0) is 18.4. The molecule has 26 heavy (non-hydrogen) atoms. The first-order chi connectivity index (χ1) is 12.7. The van der Waals surface area contributed by atoms with Gasteiger partial charge in [0.2, 0.25) is 0 Å². The molecule has 6 heteroatoms. The molecule has 2 aromatic carbocycles. The third-order valence-corrected chi connectivity index (χ3v) is 4.14. The summed E-state index contributed by atoms with van der Waals surface area (Å²) in [4.78, 5) is 0. The van der Waals surface area contributed by atoms with Crippen LogP contribution in [0, 0.1) is 0 Å². The van der Waals surface area contributed by atoms with Crippen LogP contribution < -0.4 is 0 Å². The van der Waals surface area contributed by atoms with Gasteiger partial charge in [0.15, 0.2) is 12.0 Å². The number of aliphatic hydroxyl groups excluding tert-OH is 3. The Labute approximate surface area is 151 Å². The number of aliphatic hydroxyl groups is 3. The molecule has 0 aromatic heterocycles. The van der Waals surface area contributed by atoms with Gasteiger partial charge in [-0.15, -0.1) is 0 Å². The molecule has 0 bridgehead atoms. The van der Waals surface area contributed by atoms with Crippen LogP contribution in [0.2, 0.25) is 0 Å². The first-order valence-electron chi connectivity index (χ1n) is 8.38. The van der Waals surface area contributed by atoms with Gasteiger partial charge < -0.3 is 29.5 Å². The average Bonchev–Trinajstić information content (AvgIpc) is 2.70. The number of rotatable bonds is 6. The number of ether oxygens (including phenoxy) is 3. The summed E-state index contributed by atoms with van der Waals surface area (Å²) < 4.78 is 17.1. The summed E-state index contributed by atoms with van der Waals surface area (Å²) in [5.74, 6) is -0.418. The van der Waals surface area contributed by atoms with Gasteiger partial charge in [-0.3, -0.25) is 0 Å². The van der Waals surface area contributed by atoms with Crippen LogP contribution in [0.3, 0.4) is 0 Å². The third-order valence-electron chi connectivity index (χ3n) is 4.14. The highest BCUT2D eigenvalue weighted by atomic mass is 16.7. The van der Waals surface area contributed by atoms with Crippen LogP contribution in [-0.2, 0) is 20.8 Å². The van der Waals surface area contributed by atoms with Gasteiger partial charge in [-0.1, -0.05) is 60.7 Å². The molecule has 3 N–H and O–H groups in total. The fourth-order valence-corrected chi connectivity index (χ4v) is 2.79. The Morgan fingerprint density at radius 1 is 1.12 bits per heavy atom. The van der Waals surface area contributed by atoms with Crippen LogP contribution in [-0.4, -0.2) is 40.2 Å². The van der Waals surface area contributed by atoms with Gasteiger partial charge in [-0.25, -0.2) is 0 Å². The molecule has 1 heterocycles. The van der Waals surface area contributed by atoms with E-state index >= 15 is 0 Å². The van der Waals surface area contributed by atoms with E-state index in [1.54, 1.807) is 0 Å². The van der Waals surface area contributed by atoms with Gasteiger partial charge in [0.1, 0.15) is 24.6 Å². The largest absolute Gasteiger partial charge is 0.512 e. The lowest BCUT2D eigenvalue weighted by Gasteiger charge is -2.37. The van der Waals surface area contributed by atoms with E-state index in [2.05, 4.69) is 0 Å².